The van der Waals surface area contributed by atoms with Crippen LogP contribution in [0.3, 0.4) is 0 Å². The molecule has 0 saturated carbocycles. The van der Waals surface area contributed by atoms with Crippen molar-refractivity contribution < 1.29 is 0 Å². The Morgan fingerprint density at radius 3 is 2.83 bits per heavy atom. The molecule has 1 rings (SSSR count). The standard InChI is InChI=1S/C10H15NSi/c1-4-8-12(2,3)10-6-5-7-11-9-10/h4-7,9H,1,8H2,2-3H3. The maximum atomic E-state index is 4.13. The fraction of sp³-hybridized carbons (Fsp3) is 0.300. The normalized spacial score (nSPS) is 11.2. The van der Waals surface area contributed by atoms with Crippen LogP contribution in [0.15, 0.2) is 37.2 Å². The zero-order valence-electron chi connectivity index (χ0n) is 7.75. The Hall–Kier alpha value is -0.893. The molecule has 0 aliphatic heterocycles. The molecule has 0 amide bonds. The smallest absolute Gasteiger partial charge is 0.0863 e. The van der Waals surface area contributed by atoms with E-state index in [1.165, 1.54) is 5.19 Å². The van der Waals surface area contributed by atoms with Crippen molar-refractivity contribution >= 4 is 13.3 Å². The molecule has 0 atom stereocenters. The average Bonchev–Trinajstić information content (AvgIpc) is 2.06. The molecule has 0 aliphatic carbocycles. The van der Waals surface area contributed by atoms with Crippen LogP contribution in [0.4, 0.5) is 0 Å². The Bertz CT molecular complexity index is 254. The van der Waals surface area contributed by atoms with Crippen molar-refractivity contribution in [3.05, 3.63) is 37.2 Å². The molecule has 1 aromatic heterocycles. The Balaban J connectivity index is 2.89. The van der Waals surface area contributed by atoms with E-state index in [0.717, 1.165) is 6.04 Å². The third-order valence-electron chi connectivity index (χ3n) is 2.10. The highest BCUT2D eigenvalue weighted by molar-refractivity contribution is 6.90. The van der Waals surface area contributed by atoms with Gasteiger partial charge >= 0.3 is 0 Å². The monoisotopic (exact) mass is 177 g/mol. The Morgan fingerprint density at radius 1 is 1.58 bits per heavy atom. The van der Waals surface area contributed by atoms with E-state index in [1.807, 2.05) is 24.5 Å². The summed E-state index contributed by atoms with van der Waals surface area (Å²) >= 11 is 0. The van der Waals surface area contributed by atoms with E-state index in [0.29, 0.717) is 0 Å². The highest BCUT2D eigenvalue weighted by atomic mass is 28.3. The molecule has 2 heteroatoms. The minimum Gasteiger partial charge on any atom is -0.265 e. The zero-order chi connectivity index (χ0) is 9.03. The molecule has 1 heterocycles. The van der Waals surface area contributed by atoms with Gasteiger partial charge in [-0.1, -0.05) is 25.2 Å². The Kier molecular flexibility index (Phi) is 2.81. The summed E-state index contributed by atoms with van der Waals surface area (Å²) in [6.45, 7) is 8.46. The number of hydrogen-bond acceptors (Lipinski definition) is 1. The van der Waals surface area contributed by atoms with Gasteiger partial charge in [0.2, 0.25) is 0 Å². The van der Waals surface area contributed by atoms with E-state index in [4.69, 9.17) is 0 Å². The minimum absolute atomic E-state index is 1.12. The summed E-state index contributed by atoms with van der Waals surface area (Å²) in [4.78, 5) is 4.13. The number of hydrogen-bond donors (Lipinski definition) is 0. The second-order valence-electron chi connectivity index (χ2n) is 3.62. The molecule has 0 aliphatic rings. The lowest BCUT2D eigenvalue weighted by molar-refractivity contribution is 1.34. The highest BCUT2D eigenvalue weighted by Crippen LogP contribution is 2.08. The zero-order valence-corrected chi connectivity index (χ0v) is 8.75. The fourth-order valence-electron chi connectivity index (χ4n) is 1.24. The number of aromatic nitrogens is 1. The van der Waals surface area contributed by atoms with Gasteiger partial charge in [-0.15, -0.1) is 6.58 Å². The van der Waals surface area contributed by atoms with Crippen LogP contribution in [-0.2, 0) is 0 Å². The predicted molar refractivity (Wildman–Crippen MR) is 56.4 cm³/mol. The third kappa shape index (κ3) is 2.05. The van der Waals surface area contributed by atoms with Crippen molar-refractivity contribution in [2.24, 2.45) is 0 Å². The first-order valence-electron chi connectivity index (χ1n) is 4.18. The van der Waals surface area contributed by atoms with Gasteiger partial charge in [0.05, 0.1) is 8.07 Å². The largest absolute Gasteiger partial charge is 0.265 e. The first-order chi connectivity index (χ1) is 5.67. The second kappa shape index (κ2) is 3.67. The van der Waals surface area contributed by atoms with Crippen molar-refractivity contribution in [3.8, 4) is 0 Å². The molecular formula is C10H15NSi. The van der Waals surface area contributed by atoms with E-state index in [1.54, 1.807) is 0 Å². The quantitative estimate of drug-likeness (QED) is 0.509. The summed E-state index contributed by atoms with van der Waals surface area (Å²) in [6.07, 6.45) is 5.82. The molecule has 0 saturated heterocycles. The van der Waals surface area contributed by atoms with Crippen molar-refractivity contribution in [2.75, 3.05) is 0 Å². The molecule has 0 aromatic carbocycles. The molecule has 1 aromatic rings. The van der Waals surface area contributed by atoms with E-state index >= 15 is 0 Å². The van der Waals surface area contributed by atoms with E-state index < -0.39 is 8.07 Å². The average molecular weight is 177 g/mol. The maximum absolute atomic E-state index is 4.13. The molecule has 0 N–H and O–H groups in total. The summed E-state index contributed by atoms with van der Waals surface area (Å²) in [5.41, 5.74) is 0. The van der Waals surface area contributed by atoms with Gasteiger partial charge in [-0.05, 0) is 17.3 Å². The Labute approximate surface area is 75.2 Å². The molecular weight excluding hydrogens is 162 g/mol. The van der Waals surface area contributed by atoms with Crippen LogP contribution in [0.25, 0.3) is 0 Å². The second-order valence-corrected chi connectivity index (χ2v) is 8.37. The first-order valence-corrected chi connectivity index (χ1v) is 7.39. The van der Waals surface area contributed by atoms with Crippen molar-refractivity contribution in [1.82, 2.24) is 4.98 Å². The lowest BCUT2D eigenvalue weighted by Gasteiger charge is -2.19. The molecule has 0 bridgehead atoms. The summed E-state index contributed by atoms with van der Waals surface area (Å²) in [7, 11) is -1.26. The molecule has 0 radical (unpaired) electrons. The van der Waals surface area contributed by atoms with Crippen molar-refractivity contribution in [3.63, 3.8) is 0 Å². The number of pyridine rings is 1. The van der Waals surface area contributed by atoms with E-state index in [2.05, 4.69) is 30.7 Å². The van der Waals surface area contributed by atoms with Gasteiger partial charge in [0, 0.05) is 12.4 Å². The summed E-state index contributed by atoms with van der Waals surface area (Å²) < 4.78 is 0. The van der Waals surface area contributed by atoms with Crippen LogP contribution in [0.1, 0.15) is 0 Å². The van der Waals surface area contributed by atoms with Gasteiger partial charge < -0.3 is 0 Å². The number of rotatable bonds is 3. The highest BCUT2D eigenvalue weighted by Gasteiger charge is 2.20. The van der Waals surface area contributed by atoms with Crippen LogP contribution >= 0.6 is 0 Å². The first kappa shape index (κ1) is 9.20. The van der Waals surface area contributed by atoms with Gasteiger partial charge in [-0.2, -0.15) is 0 Å². The van der Waals surface area contributed by atoms with Crippen LogP contribution in [0, 0.1) is 0 Å². The molecule has 1 nitrogen and oxygen atoms in total. The number of allylic oxidation sites excluding steroid dienone is 1. The van der Waals surface area contributed by atoms with Crippen LogP contribution in [-0.4, -0.2) is 13.1 Å². The third-order valence-corrected chi connectivity index (χ3v) is 5.27. The fourth-order valence-corrected chi connectivity index (χ4v) is 3.17. The lowest BCUT2D eigenvalue weighted by atomic mass is 10.5. The molecule has 0 spiro atoms. The molecule has 0 unspecified atom stereocenters. The Morgan fingerprint density at radius 2 is 2.33 bits per heavy atom. The van der Waals surface area contributed by atoms with E-state index in [9.17, 15) is 0 Å². The SMILES string of the molecule is C=CC[Si](C)(C)c1cccnc1. The van der Waals surface area contributed by atoms with Gasteiger partial charge in [0.15, 0.2) is 0 Å². The maximum Gasteiger partial charge on any atom is 0.0863 e. The summed E-state index contributed by atoms with van der Waals surface area (Å²) in [5.74, 6) is 0. The summed E-state index contributed by atoms with van der Waals surface area (Å²) in [5, 5.41) is 1.41. The van der Waals surface area contributed by atoms with Gasteiger partial charge in [-0.3, -0.25) is 4.98 Å². The topological polar surface area (TPSA) is 12.9 Å². The van der Waals surface area contributed by atoms with Crippen LogP contribution in [0.5, 0.6) is 0 Å². The minimum atomic E-state index is -1.26. The van der Waals surface area contributed by atoms with Crippen molar-refractivity contribution in [1.29, 1.82) is 0 Å². The number of nitrogens with zero attached hydrogens (tertiary/aromatic N) is 1. The van der Waals surface area contributed by atoms with Crippen LogP contribution in [0.2, 0.25) is 19.1 Å². The lowest BCUT2D eigenvalue weighted by Crippen LogP contribution is -2.40. The van der Waals surface area contributed by atoms with Gasteiger partial charge in [0.1, 0.15) is 0 Å². The van der Waals surface area contributed by atoms with Gasteiger partial charge in [-0.25, -0.2) is 0 Å². The molecule has 12 heavy (non-hydrogen) atoms. The van der Waals surface area contributed by atoms with E-state index in [-0.39, 0.29) is 0 Å². The predicted octanol–water partition coefficient (Wildman–Crippen LogP) is 2.18. The van der Waals surface area contributed by atoms with Gasteiger partial charge in [0.25, 0.3) is 0 Å². The summed E-state index contributed by atoms with van der Waals surface area (Å²) in [6, 6.07) is 5.30. The molecule has 0 fully saturated rings. The van der Waals surface area contributed by atoms with Crippen LogP contribution < -0.4 is 5.19 Å². The van der Waals surface area contributed by atoms with Crippen molar-refractivity contribution in [2.45, 2.75) is 19.1 Å². The molecule has 64 valence electrons.